The van der Waals surface area contributed by atoms with Crippen molar-refractivity contribution in [1.29, 1.82) is 5.26 Å². The predicted molar refractivity (Wildman–Crippen MR) is 122 cm³/mol. The molecule has 30 heavy (non-hydrogen) atoms. The average molecular weight is 422 g/mol. The molecule has 4 heteroatoms. The first-order chi connectivity index (χ1) is 14.6. The first-order valence-electron chi connectivity index (χ1n) is 10.8. The van der Waals surface area contributed by atoms with Gasteiger partial charge < -0.3 is 4.74 Å². The highest BCUT2D eigenvalue weighted by Gasteiger charge is 2.27. The summed E-state index contributed by atoms with van der Waals surface area (Å²) in [6.45, 7) is 2.22. The topological polar surface area (TPSA) is 50.1 Å². The maximum atomic E-state index is 12.6. The zero-order valence-electron chi connectivity index (χ0n) is 17.4. The van der Waals surface area contributed by atoms with E-state index >= 15 is 0 Å². The Labute approximate surface area is 184 Å². The van der Waals surface area contributed by atoms with Gasteiger partial charge in [0.1, 0.15) is 5.75 Å². The molecule has 2 aromatic rings. The summed E-state index contributed by atoms with van der Waals surface area (Å²) in [6.07, 6.45) is 9.64. The minimum Gasteiger partial charge on any atom is -0.426 e. The third kappa shape index (κ3) is 6.21. The molecule has 1 saturated carbocycles. The van der Waals surface area contributed by atoms with Crippen molar-refractivity contribution in [3.63, 3.8) is 0 Å². The molecule has 0 aliphatic heterocycles. The lowest BCUT2D eigenvalue weighted by atomic mass is 9.80. The number of hydrogen-bond acceptors (Lipinski definition) is 3. The van der Waals surface area contributed by atoms with Gasteiger partial charge in [0.15, 0.2) is 0 Å². The van der Waals surface area contributed by atoms with E-state index in [-0.39, 0.29) is 11.9 Å². The second kappa shape index (κ2) is 11.0. The van der Waals surface area contributed by atoms with Crippen molar-refractivity contribution in [2.24, 2.45) is 11.8 Å². The maximum absolute atomic E-state index is 12.6. The minimum absolute atomic E-state index is 0.0109. The van der Waals surface area contributed by atoms with E-state index in [4.69, 9.17) is 16.3 Å². The molecule has 0 aromatic heterocycles. The first-order valence-corrected chi connectivity index (χ1v) is 11.2. The van der Waals surface area contributed by atoms with Crippen LogP contribution >= 0.6 is 11.6 Å². The van der Waals surface area contributed by atoms with E-state index in [0.29, 0.717) is 16.3 Å². The Hall–Kier alpha value is -2.57. The lowest BCUT2D eigenvalue weighted by Crippen LogP contribution is -2.25. The van der Waals surface area contributed by atoms with E-state index in [0.717, 1.165) is 42.7 Å². The van der Waals surface area contributed by atoms with Gasteiger partial charge in [-0.3, -0.25) is 4.79 Å². The molecule has 1 aliphatic carbocycles. The van der Waals surface area contributed by atoms with Crippen LogP contribution in [0.3, 0.4) is 0 Å². The molecule has 1 fully saturated rings. The van der Waals surface area contributed by atoms with Crippen LogP contribution in [0, 0.1) is 23.2 Å². The summed E-state index contributed by atoms with van der Waals surface area (Å²) in [4.78, 5) is 12.6. The highest BCUT2D eigenvalue weighted by Crippen LogP contribution is 2.33. The number of benzene rings is 2. The van der Waals surface area contributed by atoms with Gasteiger partial charge in [0, 0.05) is 5.02 Å². The SMILES string of the molecule is CCCCC1CCC(C(=O)Oc2cccc(/C=C(/C#N)c3cccc(Cl)c3)c2)CC1. The number of allylic oxidation sites excluding steroid dienone is 1. The molecule has 0 amide bonds. The third-order valence-corrected chi connectivity index (χ3v) is 6.02. The number of nitrogens with zero attached hydrogens (tertiary/aromatic N) is 1. The van der Waals surface area contributed by atoms with Gasteiger partial charge in [0.25, 0.3) is 0 Å². The van der Waals surface area contributed by atoms with E-state index in [1.54, 1.807) is 30.3 Å². The van der Waals surface area contributed by atoms with E-state index < -0.39 is 0 Å². The zero-order chi connectivity index (χ0) is 21.3. The van der Waals surface area contributed by atoms with Crippen molar-refractivity contribution in [1.82, 2.24) is 0 Å². The average Bonchev–Trinajstić information content (AvgIpc) is 2.76. The van der Waals surface area contributed by atoms with Gasteiger partial charge in [-0.25, -0.2) is 0 Å². The van der Waals surface area contributed by atoms with Crippen molar-refractivity contribution >= 4 is 29.2 Å². The Balaban J connectivity index is 1.64. The van der Waals surface area contributed by atoms with Crippen molar-refractivity contribution in [2.45, 2.75) is 51.9 Å². The van der Waals surface area contributed by atoms with Crippen molar-refractivity contribution < 1.29 is 9.53 Å². The fourth-order valence-electron chi connectivity index (χ4n) is 4.05. The highest BCUT2D eigenvalue weighted by molar-refractivity contribution is 6.30. The van der Waals surface area contributed by atoms with E-state index in [1.807, 2.05) is 24.3 Å². The molecule has 156 valence electrons. The molecule has 3 rings (SSSR count). The molecule has 0 atom stereocenters. The van der Waals surface area contributed by atoms with Crippen LogP contribution in [-0.2, 0) is 4.79 Å². The number of halogens is 1. The lowest BCUT2D eigenvalue weighted by Gasteiger charge is -2.27. The van der Waals surface area contributed by atoms with Crippen LogP contribution in [0.4, 0.5) is 0 Å². The molecule has 0 N–H and O–H groups in total. The standard InChI is InChI=1S/C26H28ClNO2/c1-2-3-6-19-11-13-21(14-12-19)26(29)30-25-10-4-7-20(16-25)15-23(18-28)22-8-5-9-24(27)17-22/h4-5,7-10,15-17,19,21H,2-3,6,11-14H2,1H3/b23-15-. The second-order valence-corrected chi connectivity index (χ2v) is 8.47. The quantitative estimate of drug-likeness (QED) is 0.204. The van der Waals surface area contributed by atoms with Gasteiger partial charge >= 0.3 is 5.97 Å². The molecular weight excluding hydrogens is 394 g/mol. The number of nitriles is 1. The van der Waals surface area contributed by atoms with Crippen LogP contribution < -0.4 is 4.74 Å². The van der Waals surface area contributed by atoms with Crippen LogP contribution in [-0.4, -0.2) is 5.97 Å². The van der Waals surface area contributed by atoms with Crippen LogP contribution in [0.5, 0.6) is 5.75 Å². The molecule has 0 unspecified atom stereocenters. The summed E-state index contributed by atoms with van der Waals surface area (Å²) >= 11 is 6.04. The fourth-order valence-corrected chi connectivity index (χ4v) is 4.24. The van der Waals surface area contributed by atoms with Crippen LogP contribution in [0.1, 0.15) is 63.0 Å². The van der Waals surface area contributed by atoms with Gasteiger partial charge in [-0.2, -0.15) is 5.26 Å². The molecule has 2 aromatic carbocycles. The summed E-state index contributed by atoms with van der Waals surface area (Å²) in [5.41, 5.74) is 2.07. The van der Waals surface area contributed by atoms with E-state index in [1.165, 1.54) is 19.3 Å². The van der Waals surface area contributed by atoms with Crippen LogP contribution in [0.15, 0.2) is 48.5 Å². The molecule has 1 aliphatic rings. The van der Waals surface area contributed by atoms with Crippen molar-refractivity contribution in [3.05, 3.63) is 64.7 Å². The van der Waals surface area contributed by atoms with Gasteiger partial charge in [-0.05, 0) is 73.1 Å². The Bertz CT molecular complexity index is 936. The van der Waals surface area contributed by atoms with Gasteiger partial charge in [0.05, 0.1) is 17.6 Å². The first kappa shape index (κ1) is 22.1. The smallest absolute Gasteiger partial charge is 0.314 e. The number of unbranched alkanes of at least 4 members (excludes halogenated alkanes) is 1. The van der Waals surface area contributed by atoms with Gasteiger partial charge in [-0.1, -0.05) is 62.1 Å². The Kier molecular flexibility index (Phi) is 8.11. The molecule has 0 saturated heterocycles. The molecule has 0 bridgehead atoms. The number of carbonyl (C=O) groups excluding carboxylic acids is 1. The maximum Gasteiger partial charge on any atom is 0.314 e. The third-order valence-electron chi connectivity index (χ3n) is 5.79. The summed E-state index contributed by atoms with van der Waals surface area (Å²) < 4.78 is 5.68. The largest absolute Gasteiger partial charge is 0.426 e. The predicted octanol–water partition coefficient (Wildman–Crippen LogP) is 7.31. The number of hydrogen-bond donors (Lipinski definition) is 0. The second-order valence-electron chi connectivity index (χ2n) is 8.03. The molecule has 0 radical (unpaired) electrons. The summed E-state index contributed by atoms with van der Waals surface area (Å²) in [6, 6.07) is 16.7. The minimum atomic E-state index is -0.139. The molecule has 3 nitrogen and oxygen atoms in total. The van der Waals surface area contributed by atoms with Gasteiger partial charge in [-0.15, -0.1) is 0 Å². The number of esters is 1. The number of ether oxygens (including phenoxy) is 1. The molecular formula is C26H28ClNO2. The highest BCUT2D eigenvalue weighted by atomic mass is 35.5. The zero-order valence-corrected chi connectivity index (χ0v) is 18.2. The van der Waals surface area contributed by atoms with E-state index in [9.17, 15) is 10.1 Å². The van der Waals surface area contributed by atoms with Crippen molar-refractivity contribution in [2.75, 3.05) is 0 Å². The Morgan fingerprint density at radius 2 is 1.93 bits per heavy atom. The molecule has 0 spiro atoms. The number of carbonyl (C=O) groups is 1. The van der Waals surface area contributed by atoms with Crippen molar-refractivity contribution in [3.8, 4) is 11.8 Å². The number of rotatable bonds is 7. The lowest BCUT2D eigenvalue weighted by molar-refractivity contribution is -0.140. The van der Waals surface area contributed by atoms with E-state index in [2.05, 4.69) is 13.0 Å². The summed E-state index contributed by atoms with van der Waals surface area (Å²) in [5.74, 6) is 1.13. The molecule has 0 heterocycles. The van der Waals surface area contributed by atoms with Gasteiger partial charge in [0.2, 0.25) is 0 Å². The Morgan fingerprint density at radius 3 is 2.63 bits per heavy atom. The monoisotopic (exact) mass is 421 g/mol. The summed E-state index contributed by atoms with van der Waals surface area (Å²) in [7, 11) is 0. The normalized spacial score (nSPS) is 19.2. The van der Waals surface area contributed by atoms with Crippen LogP contribution in [0.25, 0.3) is 11.6 Å². The fraction of sp³-hybridized carbons (Fsp3) is 0.385. The summed E-state index contributed by atoms with van der Waals surface area (Å²) in [5, 5.41) is 10.1. The van der Waals surface area contributed by atoms with Crippen LogP contribution in [0.2, 0.25) is 5.02 Å². The Morgan fingerprint density at radius 1 is 1.17 bits per heavy atom.